The topological polar surface area (TPSA) is 20.2 Å². The monoisotopic (exact) mass is 216 g/mol. The summed E-state index contributed by atoms with van der Waals surface area (Å²) in [7, 11) is 0. The van der Waals surface area contributed by atoms with E-state index in [1.165, 1.54) is 38.5 Å². The first kappa shape index (κ1) is 17.4. The van der Waals surface area contributed by atoms with Crippen molar-refractivity contribution in [3.63, 3.8) is 0 Å². The largest absolute Gasteiger partial charge is 0.396 e. The Hall–Kier alpha value is -0.0400. The Morgan fingerprint density at radius 1 is 1.00 bits per heavy atom. The van der Waals surface area contributed by atoms with E-state index >= 15 is 0 Å². The van der Waals surface area contributed by atoms with Gasteiger partial charge in [0.1, 0.15) is 0 Å². The lowest BCUT2D eigenvalue weighted by atomic mass is 9.91. The van der Waals surface area contributed by atoms with Gasteiger partial charge in [0.05, 0.1) is 0 Å². The van der Waals surface area contributed by atoms with E-state index < -0.39 is 0 Å². The minimum absolute atomic E-state index is 0.355. The van der Waals surface area contributed by atoms with Crippen LogP contribution >= 0.6 is 0 Å². The van der Waals surface area contributed by atoms with Gasteiger partial charge in [0.15, 0.2) is 0 Å². The average molecular weight is 216 g/mol. The van der Waals surface area contributed by atoms with Gasteiger partial charge in [0.25, 0.3) is 0 Å². The second-order valence-corrected chi connectivity index (χ2v) is 4.17. The second-order valence-electron chi connectivity index (χ2n) is 4.17. The lowest BCUT2D eigenvalue weighted by Gasteiger charge is -2.15. The van der Waals surface area contributed by atoms with Crippen LogP contribution in [0.1, 0.15) is 79.1 Å². The normalized spacial score (nSPS) is 15.8. The summed E-state index contributed by atoms with van der Waals surface area (Å²) in [5, 5.41) is 8.20. The Bertz CT molecular complexity index is 81.3. The second kappa shape index (κ2) is 16.4. The summed E-state index contributed by atoms with van der Waals surface area (Å²) in [6.45, 7) is 8.84. The molecule has 1 N–H and O–H groups in total. The van der Waals surface area contributed by atoms with Crippen molar-refractivity contribution >= 4 is 0 Å². The molecule has 0 atom stereocenters. The predicted octanol–water partition coefficient (Wildman–Crippen LogP) is 4.78. The smallest absolute Gasteiger partial charge is 0.0431 e. The average Bonchev–Trinajstić information content (AvgIpc) is 2.31. The molecule has 1 rings (SSSR count). The lowest BCUT2D eigenvalue weighted by Crippen LogP contribution is -1.99. The fourth-order valence-electron chi connectivity index (χ4n) is 1.67. The zero-order valence-electron chi connectivity index (χ0n) is 11.4. The van der Waals surface area contributed by atoms with Crippen molar-refractivity contribution in [1.29, 1.82) is 0 Å². The van der Waals surface area contributed by atoms with Gasteiger partial charge in [-0.1, -0.05) is 72.6 Å². The summed E-state index contributed by atoms with van der Waals surface area (Å²) in [4.78, 5) is 0. The Labute approximate surface area is 97.3 Å². The van der Waals surface area contributed by atoms with Crippen molar-refractivity contribution in [3.05, 3.63) is 0 Å². The van der Waals surface area contributed by atoms with Crippen LogP contribution in [0.4, 0.5) is 0 Å². The van der Waals surface area contributed by atoms with Crippen molar-refractivity contribution in [3.8, 4) is 0 Å². The molecule has 0 aromatic carbocycles. The molecular formula is C14H32O. The zero-order valence-corrected chi connectivity index (χ0v) is 11.4. The van der Waals surface area contributed by atoms with Gasteiger partial charge in [0, 0.05) is 6.61 Å². The number of unbranched alkanes of at least 4 members (excludes halogenated alkanes) is 2. The summed E-state index contributed by atoms with van der Waals surface area (Å²) in [5.41, 5.74) is 0. The molecule has 0 saturated heterocycles. The van der Waals surface area contributed by atoms with Gasteiger partial charge < -0.3 is 5.11 Å². The molecule has 0 amide bonds. The Kier molecular flexibility index (Phi) is 19.0. The third-order valence-electron chi connectivity index (χ3n) is 2.66. The van der Waals surface area contributed by atoms with E-state index in [2.05, 4.69) is 13.8 Å². The quantitative estimate of drug-likeness (QED) is 0.673. The van der Waals surface area contributed by atoms with Crippen LogP contribution in [-0.4, -0.2) is 11.7 Å². The van der Waals surface area contributed by atoms with Crippen LogP contribution in [0.15, 0.2) is 0 Å². The number of rotatable bonds is 3. The lowest BCUT2D eigenvalue weighted by molar-refractivity contribution is 0.284. The van der Waals surface area contributed by atoms with E-state index in [1.807, 2.05) is 13.8 Å². The number of aliphatic hydroxyl groups is 1. The molecule has 15 heavy (non-hydrogen) atoms. The summed E-state index contributed by atoms with van der Waals surface area (Å²) in [6, 6.07) is 0. The molecule has 0 bridgehead atoms. The van der Waals surface area contributed by atoms with Gasteiger partial charge in [-0.2, -0.15) is 0 Å². The van der Waals surface area contributed by atoms with Crippen LogP contribution in [0.5, 0.6) is 0 Å². The van der Waals surface area contributed by atoms with E-state index in [4.69, 9.17) is 5.11 Å². The number of hydrogen-bond acceptors (Lipinski definition) is 1. The molecule has 0 radical (unpaired) electrons. The minimum Gasteiger partial charge on any atom is -0.396 e. The summed E-state index contributed by atoms with van der Waals surface area (Å²) >= 11 is 0. The first-order chi connectivity index (χ1) is 7.31. The molecule has 1 fully saturated rings. The number of aliphatic hydroxyl groups excluding tert-OH is 1. The Morgan fingerprint density at radius 2 is 1.53 bits per heavy atom. The van der Waals surface area contributed by atoms with Gasteiger partial charge in [-0.05, 0) is 12.3 Å². The van der Waals surface area contributed by atoms with Gasteiger partial charge in [-0.15, -0.1) is 0 Å². The molecule has 0 spiro atoms. The first-order valence-electron chi connectivity index (χ1n) is 6.92. The fourth-order valence-corrected chi connectivity index (χ4v) is 1.67. The highest BCUT2D eigenvalue weighted by Crippen LogP contribution is 2.22. The zero-order chi connectivity index (χ0) is 11.9. The first-order valence-corrected chi connectivity index (χ1v) is 6.92. The third-order valence-corrected chi connectivity index (χ3v) is 2.66. The van der Waals surface area contributed by atoms with E-state index in [-0.39, 0.29) is 0 Å². The van der Waals surface area contributed by atoms with E-state index in [1.54, 1.807) is 0 Å². The Balaban J connectivity index is 0. The molecule has 1 aliphatic carbocycles. The van der Waals surface area contributed by atoms with Crippen LogP contribution in [0.3, 0.4) is 0 Å². The minimum atomic E-state index is 0.355. The molecule has 0 aromatic rings. The van der Waals surface area contributed by atoms with Crippen molar-refractivity contribution in [2.45, 2.75) is 79.1 Å². The molecule has 1 aliphatic rings. The standard InChI is InChI=1S/C7H14.C5H12O.C2H6/c1-7-5-3-2-4-6-7;1-2-3-4-5-6;1-2/h7H,2-6H2,1H3;6H,2-5H2,1H3;1-2H3. The SMILES string of the molecule is CC.CC1CCCCC1.CCCCCO. The molecule has 0 aromatic heterocycles. The molecule has 1 nitrogen and oxygen atoms in total. The highest BCUT2D eigenvalue weighted by molar-refractivity contribution is 4.59. The van der Waals surface area contributed by atoms with Crippen molar-refractivity contribution in [2.75, 3.05) is 6.61 Å². The van der Waals surface area contributed by atoms with Gasteiger partial charge in [-0.3, -0.25) is 0 Å². The maximum Gasteiger partial charge on any atom is 0.0431 e. The molecular weight excluding hydrogens is 184 g/mol. The maximum absolute atomic E-state index is 8.20. The molecule has 1 saturated carbocycles. The van der Waals surface area contributed by atoms with Gasteiger partial charge in [-0.25, -0.2) is 0 Å². The summed E-state index contributed by atoms with van der Waals surface area (Å²) < 4.78 is 0. The van der Waals surface area contributed by atoms with Gasteiger partial charge in [0.2, 0.25) is 0 Å². The molecule has 0 heterocycles. The van der Waals surface area contributed by atoms with Crippen LogP contribution in [-0.2, 0) is 0 Å². The summed E-state index contributed by atoms with van der Waals surface area (Å²) in [5.74, 6) is 1.04. The highest BCUT2D eigenvalue weighted by Gasteiger charge is 2.05. The number of hydrogen-bond donors (Lipinski definition) is 1. The fraction of sp³-hybridized carbons (Fsp3) is 1.00. The van der Waals surface area contributed by atoms with Crippen molar-refractivity contribution < 1.29 is 5.11 Å². The van der Waals surface area contributed by atoms with Crippen molar-refractivity contribution in [2.24, 2.45) is 5.92 Å². The maximum atomic E-state index is 8.20. The van der Waals surface area contributed by atoms with Crippen LogP contribution in [0.25, 0.3) is 0 Å². The predicted molar refractivity (Wildman–Crippen MR) is 70.2 cm³/mol. The van der Waals surface area contributed by atoms with Gasteiger partial charge >= 0.3 is 0 Å². The van der Waals surface area contributed by atoms with Crippen LogP contribution in [0.2, 0.25) is 0 Å². The third kappa shape index (κ3) is 16.6. The molecule has 94 valence electrons. The molecule has 1 heteroatoms. The molecule has 0 unspecified atom stereocenters. The summed E-state index contributed by atoms with van der Waals surface area (Å²) in [6.07, 6.45) is 10.8. The van der Waals surface area contributed by atoms with Crippen LogP contribution in [0, 0.1) is 5.92 Å². The highest BCUT2D eigenvalue weighted by atomic mass is 16.2. The van der Waals surface area contributed by atoms with E-state index in [0.29, 0.717) is 6.61 Å². The van der Waals surface area contributed by atoms with Crippen LogP contribution < -0.4 is 0 Å². The van der Waals surface area contributed by atoms with Crippen molar-refractivity contribution in [1.82, 2.24) is 0 Å². The molecule has 0 aliphatic heterocycles. The van der Waals surface area contributed by atoms with E-state index in [0.717, 1.165) is 18.8 Å². The Morgan fingerprint density at radius 3 is 1.73 bits per heavy atom. The van der Waals surface area contributed by atoms with E-state index in [9.17, 15) is 0 Å².